The minimum absolute atomic E-state index is 0.106. The summed E-state index contributed by atoms with van der Waals surface area (Å²) in [5.41, 5.74) is -0.106. The molecule has 1 saturated heterocycles. The molecular formula is C13H16N2O5S. The van der Waals surface area contributed by atoms with Gasteiger partial charge < -0.3 is 10.4 Å². The Balaban J connectivity index is 2.43. The Morgan fingerprint density at radius 3 is 2.81 bits per heavy atom. The molecule has 1 aromatic carbocycles. The van der Waals surface area contributed by atoms with Crippen LogP contribution in [0.1, 0.15) is 23.7 Å². The zero-order chi connectivity index (χ0) is 15.6. The number of aromatic carboxylic acids is 1. The fourth-order valence-electron chi connectivity index (χ4n) is 2.30. The second-order valence-electron chi connectivity index (χ2n) is 4.66. The summed E-state index contributed by atoms with van der Waals surface area (Å²) < 4.78 is 26.4. The van der Waals surface area contributed by atoms with Crippen LogP contribution in [0.2, 0.25) is 0 Å². The molecular weight excluding hydrogens is 296 g/mol. The summed E-state index contributed by atoms with van der Waals surface area (Å²) in [5, 5.41) is 11.6. The van der Waals surface area contributed by atoms with E-state index in [1.807, 2.05) is 0 Å². The predicted octanol–water partition coefficient (Wildman–Crippen LogP) is 0.284. The molecule has 0 aliphatic carbocycles. The molecule has 0 radical (unpaired) electrons. The van der Waals surface area contributed by atoms with Crippen LogP contribution in [0.25, 0.3) is 0 Å². The molecule has 1 unspecified atom stereocenters. The smallest absolute Gasteiger partial charge is 0.335 e. The summed E-state index contributed by atoms with van der Waals surface area (Å²) in [5.74, 6) is -1.53. The number of hydrogen-bond donors (Lipinski definition) is 2. The van der Waals surface area contributed by atoms with Crippen LogP contribution in [0.5, 0.6) is 0 Å². The Bertz CT molecular complexity index is 671. The molecule has 0 bridgehead atoms. The van der Waals surface area contributed by atoms with Crippen molar-refractivity contribution < 1.29 is 23.1 Å². The molecule has 21 heavy (non-hydrogen) atoms. The molecule has 1 heterocycles. The van der Waals surface area contributed by atoms with Crippen LogP contribution < -0.4 is 5.32 Å². The predicted molar refractivity (Wildman–Crippen MR) is 74.4 cm³/mol. The van der Waals surface area contributed by atoms with Crippen molar-refractivity contribution in [3.8, 4) is 0 Å². The highest BCUT2D eigenvalue weighted by Crippen LogP contribution is 2.22. The first kappa shape index (κ1) is 15.5. The Kier molecular flexibility index (Phi) is 4.29. The standard InChI is InChI=1S/C13H16N2O5S/c1-2-11-12(16)14-6-7-15(11)21(19,20)10-5-3-4-9(8-10)13(17)18/h3-5,8,11H,2,6-7H2,1H3,(H,14,16)(H,17,18). The van der Waals surface area contributed by atoms with Gasteiger partial charge >= 0.3 is 5.97 Å². The van der Waals surface area contributed by atoms with E-state index in [4.69, 9.17) is 5.11 Å². The zero-order valence-corrected chi connectivity index (χ0v) is 12.3. The molecule has 8 heteroatoms. The summed E-state index contributed by atoms with van der Waals surface area (Å²) in [6.45, 7) is 2.14. The molecule has 0 aromatic heterocycles. The number of benzene rings is 1. The lowest BCUT2D eigenvalue weighted by atomic mass is 10.2. The van der Waals surface area contributed by atoms with Gasteiger partial charge in [0.25, 0.3) is 0 Å². The molecule has 1 aliphatic rings. The Hall–Kier alpha value is -1.93. The quantitative estimate of drug-likeness (QED) is 0.831. The van der Waals surface area contributed by atoms with Gasteiger partial charge in [0, 0.05) is 13.1 Å². The number of piperazine rings is 1. The Morgan fingerprint density at radius 2 is 2.19 bits per heavy atom. The average molecular weight is 312 g/mol. The summed E-state index contributed by atoms with van der Waals surface area (Å²) in [7, 11) is -3.90. The van der Waals surface area contributed by atoms with Crippen LogP contribution in [0.3, 0.4) is 0 Å². The monoisotopic (exact) mass is 312 g/mol. The van der Waals surface area contributed by atoms with E-state index >= 15 is 0 Å². The number of sulfonamides is 1. The van der Waals surface area contributed by atoms with Crippen molar-refractivity contribution in [3.63, 3.8) is 0 Å². The van der Waals surface area contributed by atoms with Gasteiger partial charge in [-0.2, -0.15) is 4.31 Å². The minimum atomic E-state index is -3.90. The van der Waals surface area contributed by atoms with Gasteiger partial charge in [0.15, 0.2) is 0 Å². The van der Waals surface area contributed by atoms with Crippen molar-refractivity contribution in [2.45, 2.75) is 24.3 Å². The van der Waals surface area contributed by atoms with E-state index in [2.05, 4.69) is 5.32 Å². The summed E-state index contributed by atoms with van der Waals surface area (Å²) in [6, 6.07) is 4.37. The highest BCUT2D eigenvalue weighted by molar-refractivity contribution is 7.89. The van der Waals surface area contributed by atoms with E-state index in [9.17, 15) is 18.0 Å². The molecule has 7 nitrogen and oxygen atoms in total. The van der Waals surface area contributed by atoms with Gasteiger partial charge in [-0.25, -0.2) is 13.2 Å². The molecule has 0 saturated carbocycles. The van der Waals surface area contributed by atoms with Crippen LogP contribution in [-0.4, -0.2) is 48.8 Å². The highest BCUT2D eigenvalue weighted by atomic mass is 32.2. The van der Waals surface area contributed by atoms with Crippen LogP contribution in [-0.2, 0) is 14.8 Å². The van der Waals surface area contributed by atoms with Gasteiger partial charge in [-0.3, -0.25) is 4.79 Å². The average Bonchev–Trinajstić information content (AvgIpc) is 2.47. The fraction of sp³-hybridized carbons (Fsp3) is 0.385. The number of carbonyl (C=O) groups excluding carboxylic acids is 1. The maximum atomic E-state index is 12.6. The molecule has 2 N–H and O–H groups in total. The summed E-state index contributed by atoms with van der Waals surface area (Å²) >= 11 is 0. The summed E-state index contributed by atoms with van der Waals surface area (Å²) in [6.07, 6.45) is 0.351. The SMILES string of the molecule is CCC1C(=O)NCCN1S(=O)(=O)c1cccc(C(=O)O)c1. The maximum Gasteiger partial charge on any atom is 0.335 e. The van der Waals surface area contributed by atoms with E-state index in [-0.39, 0.29) is 29.5 Å². The van der Waals surface area contributed by atoms with Gasteiger partial charge in [0.2, 0.25) is 15.9 Å². The number of rotatable bonds is 4. The Labute approximate surface area is 122 Å². The first-order valence-electron chi connectivity index (χ1n) is 6.51. The molecule has 114 valence electrons. The first-order valence-corrected chi connectivity index (χ1v) is 7.95. The van der Waals surface area contributed by atoms with Gasteiger partial charge in [0.1, 0.15) is 6.04 Å². The lowest BCUT2D eigenvalue weighted by Gasteiger charge is -2.33. The molecule has 1 aliphatic heterocycles. The van der Waals surface area contributed by atoms with E-state index in [1.54, 1.807) is 6.92 Å². The van der Waals surface area contributed by atoms with Gasteiger partial charge in [-0.15, -0.1) is 0 Å². The summed E-state index contributed by atoms with van der Waals surface area (Å²) in [4.78, 5) is 22.6. The van der Waals surface area contributed by atoms with Gasteiger partial charge in [0.05, 0.1) is 10.5 Å². The normalized spacial score (nSPS) is 20.0. The van der Waals surface area contributed by atoms with E-state index in [0.29, 0.717) is 6.42 Å². The Morgan fingerprint density at radius 1 is 1.48 bits per heavy atom. The lowest BCUT2D eigenvalue weighted by Crippen LogP contribution is -2.56. The number of nitrogens with one attached hydrogen (secondary N) is 1. The third-order valence-electron chi connectivity index (χ3n) is 3.36. The van der Waals surface area contributed by atoms with Crippen molar-refractivity contribution in [3.05, 3.63) is 29.8 Å². The molecule has 1 amide bonds. The largest absolute Gasteiger partial charge is 0.478 e. The number of carboxylic acid groups (broad SMARTS) is 1. The van der Waals surface area contributed by atoms with E-state index in [1.165, 1.54) is 18.2 Å². The molecule has 0 spiro atoms. The van der Waals surface area contributed by atoms with Crippen molar-refractivity contribution in [1.29, 1.82) is 0 Å². The van der Waals surface area contributed by atoms with Crippen LogP contribution in [0.15, 0.2) is 29.2 Å². The fourth-order valence-corrected chi connectivity index (χ4v) is 4.00. The van der Waals surface area contributed by atoms with E-state index < -0.39 is 22.0 Å². The number of hydrogen-bond acceptors (Lipinski definition) is 4. The molecule has 1 fully saturated rings. The number of carboxylic acids is 1. The third-order valence-corrected chi connectivity index (χ3v) is 5.26. The highest BCUT2D eigenvalue weighted by Gasteiger charge is 2.37. The van der Waals surface area contributed by atoms with E-state index in [0.717, 1.165) is 10.4 Å². The van der Waals surface area contributed by atoms with Crippen molar-refractivity contribution in [2.75, 3.05) is 13.1 Å². The number of amides is 1. The second kappa shape index (κ2) is 5.82. The molecule has 1 atom stereocenters. The van der Waals surface area contributed by atoms with Crippen molar-refractivity contribution in [1.82, 2.24) is 9.62 Å². The van der Waals surface area contributed by atoms with Gasteiger partial charge in [-0.1, -0.05) is 13.0 Å². The van der Waals surface area contributed by atoms with Crippen LogP contribution in [0.4, 0.5) is 0 Å². The zero-order valence-electron chi connectivity index (χ0n) is 11.4. The topological polar surface area (TPSA) is 104 Å². The van der Waals surface area contributed by atoms with Gasteiger partial charge in [-0.05, 0) is 24.6 Å². The third kappa shape index (κ3) is 2.91. The molecule has 2 rings (SSSR count). The van der Waals surface area contributed by atoms with Crippen LogP contribution in [0, 0.1) is 0 Å². The molecule has 1 aromatic rings. The van der Waals surface area contributed by atoms with Crippen LogP contribution >= 0.6 is 0 Å². The number of carbonyl (C=O) groups is 2. The van der Waals surface area contributed by atoms with Crippen molar-refractivity contribution >= 4 is 21.9 Å². The maximum absolute atomic E-state index is 12.6. The second-order valence-corrected chi connectivity index (χ2v) is 6.55. The lowest BCUT2D eigenvalue weighted by molar-refractivity contribution is -0.126. The minimum Gasteiger partial charge on any atom is -0.478 e. The number of nitrogens with zero attached hydrogens (tertiary/aromatic N) is 1. The first-order chi connectivity index (χ1) is 9.87. The van der Waals surface area contributed by atoms with Crippen molar-refractivity contribution in [2.24, 2.45) is 0 Å².